The average molecular weight is 479 g/mol. The van der Waals surface area contributed by atoms with E-state index in [9.17, 15) is 24.8 Å². The molecule has 0 aliphatic carbocycles. The second kappa shape index (κ2) is 9.57. The first-order valence-corrected chi connectivity index (χ1v) is 11.3. The molecule has 2 unspecified atom stereocenters. The Balaban J connectivity index is 1.63. The minimum atomic E-state index is -1.04. The molecule has 35 heavy (non-hydrogen) atoms. The average Bonchev–Trinajstić information content (AvgIpc) is 3.20. The van der Waals surface area contributed by atoms with Crippen LogP contribution in [0.1, 0.15) is 32.3 Å². The number of rotatable bonds is 7. The zero-order valence-corrected chi connectivity index (χ0v) is 19.4. The lowest BCUT2D eigenvalue weighted by Crippen LogP contribution is -2.56. The second-order valence-electron chi connectivity index (χ2n) is 8.73. The molecule has 10 nitrogen and oxygen atoms in total. The zero-order valence-electron chi connectivity index (χ0n) is 19.4. The van der Waals surface area contributed by atoms with Crippen molar-refractivity contribution in [3.63, 3.8) is 0 Å². The zero-order chi connectivity index (χ0) is 25.2. The summed E-state index contributed by atoms with van der Waals surface area (Å²) in [6.07, 6.45) is 3.00. The minimum absolute atomic E-state index is 0.0791. The first-order valence-electron chi connectivity index (χ1n) is 11.3. The van der Waals surface area contributed by atoms with Crippen LogP contribution in [0.15, 0.2) is 54.7 Å². The highest BCUT2D eigenvalue weighted by Crippen LogP contribution is 2.37. The lowest BCUT2D eigenvalue weighted by molar-refractivity contribution is -0.383. The Bertz CT molecular complexity index is 1280. The molecule has 0 bridgehead atoms. The molecule has 3 aromatic rings. The Hall–Kier alpha value is -4.21. The highest BCUT2D eigenvalue weighted by Gasteiger charge is 2.44. The Morgan fingerprint density at radius 2 is 2.00 bits per heavy atom. The van der Waals surface area contributed by atoms with Crippen molar-refractivity contribution in [1.82, 2.24) is 15.2 Å². The van der Waals surface area contributed by atoms with Gasteiger partial charge < -0.3 is 20.1 Å². The number of non-ortho nitro benzene ring substituents is 1. The van der Waals surface area contributed by atoms with Crippen LogP contribution in [0.4, 0.5) is 5.69 Å². The highest BCUT2D eigenvalue weighted by molar-refractivity contribution is 5.92. The number of carbonyl (C=O) groups is 2. The molecule has 1 aliphatic rings. The number of nitro benzene ring substituents is 1. The number of phenolic OH excluding ortho intramolecular Hbond substituents is 1. The summed E-state index contributed by atoms with van der Waals surface area (Å²) in [5.41, 5.74) is 0.000156. The Kier molecular flexibility index (Phi) is 6.54. The number of aromatic nitrogens is 1. The fraction of sp³-hybridized carbons (Fsp3) is 0.320. The maximum atomic E-state index is 13.6. The van der Waals surface area contributed by atoms with Crippen LogP contribution in [0.2, 0.25) is 0 Å². The number of hydrogen-bond donors (Lipinski definition) is 2. The molecule has 182 valence electrons. The van der Waals surface area contributed by atoms with Gasteiger partial charge in [-0.25, -0.2) is 0 Å². The van der Waals surface area contributed by atoms with Crippen LogP contribution in [-0.2, 0) is 16.0 Å². The highest BCUT2D eigenvalue weighted by atomic mass is 16.6. The fourth-order valence-corrected chi connectivity index (χ4v) is 4.50. The second-order valence-corrected chi connectivity index (χ2v) is 8.73. The lowest BCUT2D eigenvalue weighted by atomic mass is 10.0. The van der Waals surface area contributed by atoms with Gasteiger partial charge in [-0.05, 0) is 49.2 Å². The fourth-order valence-electron chi connectivity index (χ4n) is 4.50. The summed E-state index contributed by atoms with van der Waals surface area (Å²) in [6, 6.07) is 11.7. The predicted molar refractivity (Wildman–Crippen MR) is 128 cm³/mol. The van der Waals surface area contributed by atoms with Crippen molar-refractivity contribution in [2.45, 2.75) is 44.9 Å². The Morgan fingerprint density at radius 1 is 1.26 bits per heavy atom. The van der Waals surface area contributed by atoms with E-state index in [-0.39, 0.29) is 29.7 Å². The summed E-state index contributed by atoms with van der Waals surface area (Å²) in [4.78, 5) is 42.4. The first-order chi connectivity index (χ1) is 16.7. The third-order valence-electron chi connectivity index (χ3n) is 6.15. The van der Waals surface area contributed by atoms with E-state index >= 15 is 0 Å². The van der Waals surface area contributed by atoms with Crippen molar-refractivity contribution in [2.24, 2.45) is 0 Å². The van der Waals surface area contributed by atoms with E-state index in [1.807, 2.05) is 0 Å². The number of aromatic hydroxyl groups is 1. The largest absolute Gasteiger partial charge is 0.508 e. The van der Waals surface area contributed by atoms with Crippen LogP contribution in [0.25, 0.3) is 10.9 Å². The number of ether oxygens (including phenoxy) is 1. The molecule has 1 aliphatic heterocycles. The van der Waals surface area contributed by atoms with Crippen molar-refractivity contribution in [2.75, 3.05) is 6.54 Å². The summed E-state index contributed by atoms with van der Waals surface area (Å²) >= 11 is 0. The van der Waals surface area contributed by atoms with Crippen molar-refractivity contribution in [3.05, 3.63) is 70.4 Å². The number of fused-ring (bicyclic) bond motifs is 1. The van der Waals surface area contributed by atoms with Gasteiger partial charge in [-0.3, -0.25) is 24.7 Å². The molecular formula is C25H26N4O6. The molecule has 2 heterocycles. The van der Waals surface area contributed by atoms with Crippen LogP contribution >= 0.6 is 0 Å². The molecule has 0 saturated carbocycles. The lowest BCUT2D eigenvalue weighted by Gasteiger charge is -2.37. The van der Waals surface area contributed by atoms with Crippen molar-refractivity contribution >= 4 is 28.4 Å². The number of amides is 2. The van der Waals surface area contributed by atoms with Crippen LogP contribution in [0.3, 0.4) is 0 Å². The van der Waals surface area contributed by atoms with E-state index in [2.05, 4.69) is 10.3 Å². The number of phenols is 1. The molecule has 2 amide bonds. The van der Waals surface area contributed by atoms with Gasteiger partial charge in [-0.15, -0.1) is 0 Å². The van der Waals surface area contributed by atoms with E-state index < -0.39 is 16.7 Å². The summed E-state index contributed by atoms with van der Waals surface area (Å²) < 4.78 is 6.34. The molecule has 4 rings (SSSR count). The molecule has 2 atom stereocenters. The SMILES string of the molecule is CC(=O)NC(Cc1ccc(O)cc1)C(=O)N1CCCC1(C)Oc1ccc([N+](=O)[O-])c2cccnc12. The number of benzene rings is 2. The summed E-state index contributed by atoms with van der Waals surface area (Å²) in [6.45, 7) is 3.57. The molecule has 1 fully saturated rings. The third-order valence-corrected chi connectivity index (χ3v) is 6.15. The standard InChI is InChI=1S/C25H26N4O6/c1-16(30)27-20(15-17-6-8-18(31)9-7-17)24(32)28-14-4-12-25(28,2)35-22-11-10-21(29(33)34)19-5-3-13-26-23(19)22/h3,5-11,13,20,31H,4,12,14-15H2,1-2H3,(H,27,30). The number of nitro groups is 1. The molecule has 1 aromatic heterocycles. The van der Waals surface area contributed by atoms with Gasteiger partial charge in [0, 0.05) is 38.6 Å². The topological polar surface area (TPSA) is 135 Å². The van der Waals surface area contributed by atoms with Crippen molar-refractivity contribution in [1.29, 1.82) is 0 Å². The van der Waals surface area contributed by atoms with Crippen molar-refractivity contribution < 1.29 is 24.4 Å². The molecule has 0 radical (unpaired) electrons. The number of hydrogen-bond acceptors (Lipinski definition) is 7. The minimum Gasteiger partial charge on any atom is -0.508 e. The Labute approximate surface area is 201 Å². The Morgan fingerprint density at radius 3 is 2.69 bits per heavy atom. The maximum absolute atomic E-state index is 13.6. The molecular weight excluding hydrogens is 452 g/mol. The van der Waals surface area contributed by atoms with Gasteiger partial charge in [0.25, 0.3) is 5.69 Å². The quantitative estimate of drug-likeness (QED) is 0.393. The third kappa shape index (κ3) is 5.01. The monoisotopic (exact) mass is 478 g/mol. The van der Waals surface area contributed by atoms with Gasteiger partial charge in [-0.2, -0.15) is 0 Å². The van der Waals surface area contributed by atoms with Crippen LogP contribution in [-0.4, -0.2) is 50.0 Å². The predicted octanol–water partition coefficient (Wildman–Crippen LogP) is 3.31. The summed E-state index contributed by atoms with van der Waals surface area (Å²) in [7, 11) is 0. The van der Waals surface area contributed by atoms with Gasteiger partial charge >= 0.3 is 0 Å². The van der Waals surface area contributed by atoms with Crippen molar-refractivity contribution in [3.8, 4) is 11.5 Å². The smallest absolute Gasteiger partial charge is 0.279 e. The molecule has 1 saturated heterocycles. The number of nitrogens with zero attached hydrogens (tertiary/aromatic N) is 3. The van der Waals surface area contributed by atoms with Gasteiger partial charge in [0.2, 0.25) is 11.8 Å². The first kappa shape index (κ1) is 23.9. The number of pyridine rings is 1. The van der Waals surface area contributed by atoms with Crippen LogP contribution in [0, 0.1) is 10.1 Å². The number of nitrogens with one attached hydrogen (secondary N) is 1. The number of likely N-dealkylation sites (tertiary alicyclic amines) is 1. The maximum Gasteiger partial charge on any atom is 0.279 e. The van der Waals surface area contributed by atoms with E-state index in [0.717, 1.165) is 5.56 Å². The molecule has 10 heteroatoms. The van der Waals surface area contributed by atoms with Gasteiger partial charge in [-0.1, -0.05) is 12.1 Å². The van der Waals surface area contributed by atoms with E-state index in [4.69, 9.17) is 4.74 Å². The van der Waals surface area contributed by atoms with Gasteiger partial charge in [0.1, 0.15) is 23.1 Å². The van der Waals surface area contributed by atoms with Crippen LogP contribution < -0.4 is 10.1 Å². The van der Waals surface area contributed by atoms with Crippen LogP contribution in [0.5, 0.6) is 11.5 Å². The molecule has 0 spiro atoms. The van der Waals surface area contributed by atoms with Gasteiger partial charge in [0.05, 0.1) is 10.3 Å². The molecule has 2 N–H and O–H groups in total. The van der Waals surface area contributed by atoms with Gasteiger partial charge in [0.15, 0.2) is 5.72 Å². The normalized spacial score (nSPS) is 18.3. The van der Waals surface area contributed by atoms with E-state index in [1.54, 1.807) is 36.1 Å². The summed E-state index contributed by atoms with van der Waals surface area (Å²) in [5, 5.41) is 24.1. The molecule has 2 aromatic carbocycles. The number of carbonyl (C=O) groups excluding carboxylic acids is 2. The van der Waals surface area contributed by atoms with E-state index in [1.165, 1.54) is 37.4 Å². The summed E-state index contributed by atoms with van der Waals surface area (Å²) in [5.74, 6) is -0.189. The van der Waals surface area contributed by atoms with E-state index in [0.29, 0.717) is 36.0 Å².